The second-order valence-electron chi connectivity index (χ2n) is 7.70. The third kappa shape index (κ3) is 3.37. The lowest BCUT2D eigenvalue weighted by atomic mass is 10.0. The molecule has 2 amide bonds. The minimum atomic E-state index is -0.611. The van der Waals surface area contributed by atoms with Crippen LogP contribution in [0.3, 0.4) is 0 Å². The Morgan fingerprint density at radius 1 is 1.23 bits per heavy atom. The Balaban J connectivity index is 1.64. The minimum Gasteiger partial charge on any atom is -0.351 e. The zero-order chi connectivity index (χ0) is 21.7. The van der Waals surface area contributed by atoms with Gasteiger partial charge in [0.15, 0.2) is 0 Å². The standard InChI is InChI=1S/C23H20F2N4OS/c1-13-20(31-22(27-13)14-5-3-2-4-6-14)12-29-19-11-28(23(26)30)8-7-16(19)17-9-15(24)10-18(25)21(17)29/h2-6,9-10H,7-8,11-12H2,1H3,(H2,26,30). The van der Waals surface area contributed by atoms with Gasteiger partial charge in [-0.3, -0.25) is 0 Å². The van der Waals surface area contributed by atoms with Crippen molar-refractivity contribution in [3.8, 4) is 10.6 Å². The van der Waals surface area contributed by atoms with Gasteiger partial charge in [-0.2, -0.15) is 0 Å². The van der Waals surface area contributed by atoms with E-state index in [0.29, 0.717) is 30.4 Å². The molecule has 0 aliphatic carbocycles. The number of fused-ring (bicyclic) bond motifs is 3. The van der Waals surface area contributed by atoms with Gasteiger partial charge in [-0.25, -0.2) is 18.6 Å². The van der Waals surface area contributed by atoms with Crippen LogP contribution in [0.25, 0.3) is 21.5 Å². The van der Waals surface area contributed by atoms with Gasteiger partial charge in [-0.05, 0) is 25.0 Å². The van der Waals surface area contributed by atoms with Crippen LogP contribution in [0.2, 0.25) is 0 Å². The molecule has 0 unspecified atom stereocenters. The lowest BCUT2D eigenvalue weighted by Crippen LogP contribution is -2.40. The van der Waals surface area contributed by atoms with E-state index in [1.165, 1.54) is 11.0 Å². The van der Waals surface area contributed by atoms with Crippen LogP contribution < -0.4 is 5.73 Å². The molecule has 3 heterocycles. The number of amides is 2. The van der Waals surface area contributed by atoms with Gasteiger partial charge in [0.05, 0.1) is 24.3 Å². The molecule has 4 aromatic rings. The molecule has 0 bridgehead atoms. The first-order chi connectivity index (χ1) is 14.9. The predicted molar refractivity (Wildman–Crippen MR) is 117 cm³/mol. The molecule has 0 radical (unpaired) electrons. The van der Waals surface area contributed by atoms with Crippen LogP contribution in [0.1, 0.15) is 21.8 Å². The van der Waals surface area contributed by atoms with Crippen LogP contribution in [-0.4, -0.2) is 27.0 Å². The number of carbonyl (C=O) groups excluding carboxylic acids is 1. The number of hydrogen-bond acceptors (Lipinski definition) is 3. The van der Waals surface area contributed by atoms with Crippen molar-refractivity contribution in [2.45, 2.75) is 26.4 Å². The van der Waals surface area contributed by atoms with Gasteiger partial charge in [-0.1, -0.05) is 30.3 Å². The molecule has 2 aromatic carbocycles. The zero-order valence-electron chi connectivity index (χ0n) is 16.9. The topological polar surface area (TPSA) is 64.2 Å². The number of carbonyl (C=O) groups is 1. The lowest BCUT2D eigenvalue weighted by Gasteiger charge is -2.27. The molecule has 0 fully saturated rings. The first-order valence-corrected chi connectivity index (χ1v) is 10.8. The lowest BCUT2D eigenvalue weighted by molar-refractivity contribution is 0.200. The molecule has 1 aliphatic heterocycles. The molecule has 8 heteroatoms. The highest BCUT2D eigenvalue weighted by Crippen LogP contribution is 2.35. The summed E-state index contributed by atoms with van der Waals surface area (Å²) < 4.78 is 30.8. The third-order valence-electron chi connectivity index (χ3n) is 5.80. The van der Waals surface area contributed by atoms with E-state index in [-0.39, 0.29) is 6.54 Å². The fourth-order valence-electron chi connectivity index (χ4n) is 4.28. The van der Waals surface area contributed by atoms with E-state index in [4.69, 9.17) is 10.7 Å². The number of halogens is 2. The average molecular weight is 439 g/mol. The van der Waals surface area contributed by atoms with Crippen molar-refractivity contribution in [3.63, 3.8) is 0 Å². The molecule has 5 nitrogen and oxygen atoms in total. The first kappa shape index (κ1) is 19.7. The largest absolute Gasteiger partial charge is 0.351 e. The summed E-state index contributed by atoms with van der Waals surface area (Å²) in [7, 11) is 0. The highest BCUT2D eigenvalue weighted by Gasteiger charge is 2.28. The number of hydrogen-bond donors (Lipinski definition) is 1. The van der Waals surface area contributed by atoms with Crippen molar-refractivity contribution in [2.24, 2.45) is 5.73 Å². The number of nitrogens with two attached hydrogens (primary N) is 1. The van der Waals surface area contributed by atoms with Gasteiger partial charge in [0, 0.05) is 34.1 Å². The number of primary amides is 1. The number of benzene rings is 2. The summed E-state index contributed by atoms with van der Waals surface area (Å²) >= 11 is 1.55. The quantitative estimate of drug-likeness (QED) is 0.498. The number of rotatable bonds is 3. The number of nitrogens with zero attached hydrogens (tertiary/aromatic N) is 3. The molecular weight excluding hydrogens is 418 g/mol. The molecule has 0 spiro atoms. The number of thiazole rings is 1. The van der Waals surface area contributed by atoms with Gasteiger partial charge in [0.2, 0.25) is 0 Å². The van der Waals surface area contributed by atoms with Crippen LogP contribution in [0.4, 0.5) is 13.6 Å². The Morgan fingerprint density at radius 3 is 2.74 bits per heavy atom. The molecule has 31 heavy (non-hydrogen) atoms. The van der Waals surface area contributed by atoms with E-state index in [1.54, 1.807) is 11.3 Å². The molecule has 0 atom stereocenters. The van der Waals surface area contributed by atoms with Crippen LogP contribution in [0.5, 0.6) is 0 Å². The number of aromatic nitrogens is 2. The average Bonchev–Trinajstić information content (AvgIpc) is 3.27. The Bertz CT molecular complexity index is 1310. The van der Waals surface area contributed by atoms with Crippen molar-refractivity contribution < 1.29 is 13.6 Å². The SMILES string of the molecule is Cc1nc(-c2ccccc2)sc1Cn1c2c(c3cc(F)cc(F)c31)CCN(C(N)=O)C2. The molecule has 158 valence electrons. The summed E-state index contributed by atoms with van der Waals surface area (Å²) in [6.07, 6.45) is 0.502. The summed E-state index contributed by atoms with van der Waals surface area (Å²) in [5, 5.41) is 1.45. The Morgan fingerprint density at radius 2 is 2.00 bits per heavy atom. The highest BCUT2D eigenvalue weighted by molar-refractivity contribution is 7.15. The molecular formula is C23H20F2N4OS. The molecule has 2 N–H and O–H groups in total. The Hall–Kier alpha value is -3.26. The van der Waals surface area contributed by atoms with E-state index in [0.717, 1.165) is 38.5 Å². The van der Waals surface area contributed by atoms with E-state index >= 15 is 0 Å². The van der Waals surface area contributed by atoms with Gasteiger partial charge in [0.25, 0.3) is 0 Å². The molecule has 0 saturated carbocycles. The summed E-state index contributed by atoms with van der Waals surface area (Å²) in [6, 6.07) is 11.6. The van der Waals surface area contributed by atoms with Crippen LogP contribution in [-0.2, 0) is 19.5 Å². The second kappa shape index (κ2) is 7.46. The Labute approximate surface area is 181 Å². The van der Waals surface area contributed by atoms with E-state index < -0.39 is 17.7 Å². The zero-order valence-corrected chi connectivity index (χ0v) is 17.7. The van der Waals surface area contributed by atoms with Crippen molar-refractivity contribution in [1.82, 2.24) is 14.5 Å². The third-order valence-corrected chi connectivity index (χ3v) is 6.99. The van der Waals surface area contributed by atoms with Crippen molar-refractivity contribution in [1.29, 1.82) is 0 Å². The van der Waals surface area contributed by atoms with E-state index in [2.05, 4.69) is 0 Å². The monoisotopic (exact) mass is 438 g/mol. The van der Waals surface area contributed by atoms with E-state index in [1.807, 2.05) is 41.8 Å². The Kier molecular flexibility index (Phi) is 4.74. The maximum atomic E-state index is 14.9. The van der Waals surface area contributed by atoms with Gasteiger partial charge in [-0.15, -0.1) is 11.3 Å². The van der Waals surface area contributed by atoms with Crippen molar-refractivity contribution >= 4 is 28.3 Å². The first-order valence-electron chi connectivity index (χ1n) is 9.97. The minimum absolute atomic E-state index is 0.268. The van der Waals surface area contributed by atoms with E-state index in [9.17, 15) is 13.6 Å². The fourth-order valence-corrected chi connectivity index (χ4v) is 5.33. The summed E-state index contributed by atoms with van der Waals surface area (Å²) in [5.74, 6) is -1.22. The summed E-state index contributed by atoms with van der Waals surface area (Å²) in [5.41, 5.74) is 9.41. The molecule has 5 rings (SSSR count). The highest BCUT2D eigenvalue weighted by atomic mass is 32.1. The predicted octanol–water partition coefficient (Wildman–Crippen LogP) is 4.84. The molecule has 2 aromatic heterocycles. The van der Waals surface area contributed by atoms with Crippen LogP contribution in [0, 0.1) is 18.6 Å². The normalized spacial score (nSPS) is 13.6. The second-order valence-corrected chi connectivity index (χ2v) is 8.78. The summed E-state index contributed by atoms with van der Waals surface area (Å²) in [4.78, 5) is 19.0. The summed E-state index contributed by atoms with van der Waals surface area (Å²) in [6.45, 7) is 3.01. The maximum Gasteiger partial charge on any atom is 0.315 e. The fraction of sp³-hybridized carbons (Fsp3) is 0.217. The van der Waals surface area contributed by atoms with Crippen LogP contribution in [0.15, 0.2) is 42.5 Å². The molecule has 1 aliphatic rings. The van der Waals surface area contributed by atoms with Gasteiger partial charge < -0.3 is 15.2 Å². The van der Waals surface area contributed by atoms with Crippen molar-refractivity contribution in [3.05, 3.63) is 75.9 Å². The van der Waals surface area contributed by atoms with Gasteiger partial charge >= 0.3 is 6.03 Å². The number of urea groups is 1. The van der Waals surface area contributed by atoms with Crippen LogP contribution >= 0.6 is 11.3 Å². The molecule has 0 saturated heterocycles. The van der Waals surface area contributed by atoms with Gasteiger partial charge in [0.1, 0.15) is 16.6 Å². The van der Waals surface area contributed by atoms with Crippen molar-refractivity contribution in [2.75, 3.05) is 6.54 Å². The number of aryl methyl sites for hydroxylation is 1. The smallest absolute Gasteiger partial charge is 0.315 e. The maximum absolute atomic E-state index is 14.9.